The number of hydrogen-bond acceptors (Lipinski definition) is 0. The fraction of sp³-hybridized carbons (Fsp3) is 0.250. The van der Waals surface area contributed by atoms with E-state index in [2.05, 4.69) is 0 Å². The van der Waals surface area contributed by atoms with E-state index in [1.54, 1.807) is 6.07 Å². The number of halogens is 5. The minimum absolute atomic E-state index is 0.249. The molecule has 0 aromatic heterocycles. The maximum Gasteiger partial charge on any atom is 0.0524 e. The van der Waals surface area contributed by atoms with Gasteiger partial charge in [-0.2, -0.15) is 0 Å². The van der Waals surface area contributed by atoms with Crippen molar-refractivity contribution in [3.63, 3.8) is 0 Å². The van der Waals surface area contributed by atoms with Crippen LogP contribution in [0.25, 0.3) is 0 Å². The lowest BCUT2D eigenvalue weighted by Crippen LogP contribution is -1.90. The molecule has 0 aliphatic heterocycles. The second-order valence-electron chi connectivity index (χ2n) is 2.38. The van der Waals surface area contributed by atoms with Gasteiger partial charge in [-0.25, -0.2) is 0 Å². The van der Waals surface area contributed by atoms with Crippen molar-refractivity contribution in [1.29, 1.82) is 0 Å². The summed E-state index contributed by atoms with van der Waals surface area (Å²) in [6, 6.07) is 1.60. The Kier molecular flexibility index (Phi) is 4.47. The Hall–Kier alpha value is 0.670. The van der Waals surface area contributed by atoms with Crippen LogP contribution in [-0.2, 0) is 11.8 Å². The van der Waals surface area contributed by atoms with Crippen molar-refractivity contribution >= 4 is 58.0 Å². The Morgan fingerprint density at radius 1 is 0.846 bits per heavy atom. The van der Waals surface area contributed by atoms with Gasteiger partial charge in [-0.05, 0) is 6.07 Å². The van der Waals surface area contributed by atoms with Gasteiger partial charge in [0.15, 0.2) is 0 Å². The Morgan fingerprint density at radius 2 is 1.23 bits per heavy atom. The van der Waals surface area contributed by atoms with Gasteiger partial charge in [-0.1, -0.05) is 34.8 Å². The highest BCUT2D eigenvalue weighted by atomic mass is 35.5. The van der Waals surface area contributed by atoms with E-state index in [0.717, 1.165) is 0 Å². The largest absolute Gasteiger partial charge is 0.121 e. The van der Waals surface area contributed by atoms with Gasteiger partial charge in [-0.3, -0.25) is 0 Å². The predicted molar refractivity (Wildman–Crippen MR) is 60.6 cm³/mol. The topological polar surface area (TPSA) is 0 Å². The molecule has 5 heteroatoms. The lowest BCUT2D eigenvalue weighted by Gasteiger charge is -2.09. The van der Waals surface area contributed by atoms with Gasteiger partial charge >= 0.3 is 0 Å². The second-order valence-corrected chi connectivity index (χ2v) is 4.11. The van der Waals surface area contributed by atoms with Gasteiger partial charge in [0.05, 0.1) is 16.8 Å². The van der Waals surface area contributed by atoms with Crippen molar-refractivity contribution in [2.24, 2.45) is 0 Å². The zero-order valence-electron chi connectivity index (χ0n) is 6.38. The van der Waals surface area contributed by atoms with Gasteiger partial charge in [0.1, 0.15) is 0 Å². The minimum Gasteiger partial charge on any atom is -0.121 e. The third kappa shape index (κ3) is 2.37. The van der Waals surface area contributed by atoms with E-state index in [1.165, 1.54) is 0 Å². The molecule has 13 heavy (non-hydrogen) atoms. The summed E-state index contributed by atoms with van der Waals surface area (Å²) in [7, 11) is 0. The molecule has 0 radical (unpaired) electrons. The van der Waals surface area contributed by atoms with Crippen molar-refractivity contribution in [2.45, 2.75) is 11.8 Å². The van der Waals surface area contributed by atoms with E-state index >= 15 is 0 Å². The quantitative estimate of drug-likeness (QED) is 0.658. The van der Waals surface area contributed by atoms with E-state index in [1.807, 2.05) is 0 Å². The van der Waals surface area contributed by atoms with Crippen molar-refractivity contribution in [3.8, 4) is 0 Å². The van der Waals surface area contributed by atoms with Gasteiger partial charge in [0, 0.05) is 21.2 Å². The highest BCUT2D eigenvalue weighted by molar-refractivity contribution is 6.41. The Labute approximate surface area is 102 Å². The standard InChI is InChI=1S/C8H5Cl5/c9-2-4-6(11)1-7(12)5(3-10)8(4)13/h1H,2-3H2. The molecule has 0 aliphatic rings. The van der Waals surface area contributed by atoms with E-state index in [0.29, 0.717) is 26.2 Å². The van der Waals surface area contributed by atoms with E-state index in [-0.39, 0.29) is 11.8 Å². The number of hydrogen-bond donors (Lipinski definition) is 0. The average molecular weight is 278 g/mol. The molecule has 0 bridgehead atoms. The van der Waals surface area contributed by atoms with Crippen LogP contribution in [0.3, 0.4) is 0 Å². The molecule has 0 unspecified atom stereocenters. The molecule has 0 N–H and O–H groups in total. The SMILES string of the molecule is ClCc1c(Cl)cc(Cl)c(CCl)c1Cl. The van der Waals surface area contributed by atoms with Crippen molar-refractivity contribution in [1.82, 2.24) is 0 Å². The second kappa shape index (κ2) is 4.95. The van der Waals surface area contributed by atoms with Crippen LogP contribution >= 0.6 is 58.0 Å². The smallest absolute Gasteiger partial charge is 0.0524 e. The maximum atomic E-state index is 5.98. The minimum atomic E-state index is 0.249. The lowest BCUT2D eigenvalue weighted by atomic mass is 10.1. The Morgan fingerprint density at radius 3 is 1.54 bits per heavy atom. The molecule has 72 valence electrons. The molecule has 0 heterocycles. The summed E-state index contributed by atoms with van der Waals surface area (Å²) < 4.78 is 0. The van der Waals surface area contributed by atoms with Crippen molar-refractivity contribution in [2.75, 3.05) is 0 Å². The summed E-state index contributed by atoms with van der Waals surface area (Å²) in [5.74, 6) is 0.497. The molecule has 1 aromatic rings. The molecular weight excluding hydrogens is 273 g/mol. The third-order valence-corrected chi connectivity index (χ3v) is 3.29. The molecule has 1 rings (SSSR count). The van der Waals surface area contributed by atoms with Crippen LogP contribution in [0.5, 0.6) is 0 Å². The molecule has 0 nitrogen and oxygen atoms in total. The average Bonchev–Trinajstić information content (AvgIpc) is 2.04. The summed E-state index contributed by atoms with van der Waals surface area (Å²) in [6.45, 7) is 0. The first-order valence-electron chi connectivity index (χ1n) is 3.39. The van der Waals surface area contributed by atoms with E-state index in [4.69, 9.17) is 58.0 Å². The van der Waals surface area contributed by atoms with Crippen LogP contribution in [0, 0.1) is 0 Å². The predicted octanol–water partition coefficient (Wildman–Crippen LogP) is 5.12. The molecule has 0 spiro atoms. The molecular formula is C8H5Cl5. The van der Waals surface area contributed by atoms with Gasteiger partial charge in [-0.15, -0.1) is 23.2 Å². The van der Waals surface area contributed by atoms with Crippen LogP contribution in [0.1, 0.15) is 11.1 Å². The molecule has 0 saturated carbocycles. The number of rotatable bonds is 2. The molecule has 0 aliphatic carbocycles. The van der Waals surface area contributed by atoms with Gasteiger partial charge in [0.25, 0.3) is 0 Å². The first kappa shape index (κ1) is 11.7. The lowest BCUT2D eigenvalue weighted by molar-refractivity contribution is 1.32. The van der Waals surface area contributed by atoms with Crippen LogP contribution in [0.4, 0.5) is 0 Å². The normalized spacial score (nSPS) is 10.5. The summed E-state index contributed by atoms with van der Waals surface area (Å²) in [4.78, 5) is 0. The van der Waals surface area contributed by atoms with E-state index < -0.39 is 0 Å². The van der Waals surface area contributed by atoms with Gasteiger partial charge < -0.3 is 0 Å². The first-order valence-corrected chi connectivity index (χ1v) is 5.59. The molecule has 0 fully saturated rings. The van der Waals surface area contributed by atoms with Crippen molar-refractivity contribution in [3.05, 3.63) is 32.3 Å². The fourth-order valence-corrected chi connectivity index (χ4v) is 2.78. The summed E-state index contributed by atoms with van der Waals surface area (Å²) in [5, 5.41) is 1.40. The third-order valence-electron chi connectivity index (χ3n) is 1.63. The molecule has 0 atom stereocenters. The zero-order valence-corrected chi connectivity index (χ0v) is 10.2. The van der Waals surface area contributed by atoms with E-state index in [9.17, 15) is 0 Å². The van der Waals surface area contributed by atoms with Gasteiger partial charge in [0.2, 0.25) is 0 Å². The number of alkyl halides is 2. The zero-order chi connectivity index (χ0) is 10.0. The molecule has 1 aromatic carbocycles. The Balaban J connectivity index is 3.39. The Bertz CT molecular complexity index is 293. The molecule has 0 saturated heterocycles. The molecule has 0 amide bonds. The van der Waals surface area contributed by atoms with Crippen LogP contribution in [-0.4, -0.2) is 0 Å². The maximum absolute atomic E-state index is 5.98. The van der Waals surface area contributed by atoms with Crippen molar-refractivity contribution < 1.29 is 0 Å². The number of benzene rings is 1. The summed E-state index contributed by atoms with van der Waals surface area (Å²) in [6.07, 6.45) is 0. The monoisotopic (exact) mass is 276 g/mol. The van der Waals surface area contributed by atoms with Crippen LogP contribution < -0.4 is 0 Å². The highest BCUT2D eigenvalue weighted by Gasteiger charge is 2.13. The first-order chi connectivity index (χ1) is 6.11. The summed E-state index contributed by atoms with van der Waals surface area (Å²) >= 11 is 29.0. The summed E-state index contributed by atoms with van der Waals surface area (Å²) in [5.41, 5.74) is 1.34. The fourth-order valence-electron chi connectivity index (χ4n) is 0.922. The van der Waals surface area contributed by atoms with Crippen LogP contribution in [0.2, 0.25) is 15.1 Å². The highest BCUT2D eigenvalue weighted by Crippen LogP contribution is 2.35. The van der Waals surface area contributed by atoms with Crippen LogP contribution in [0.15, 0.2) is 6.07 Å².